The number of alkyl halides is 3. The van der Waals surface area contributed by atoms with Crippen LogP contribution in [0.25, 0.3) is 6.08 Å². The van der Waals surface area contributed by atoms with Crippen molar-refractivity contribution in [3.63, 3.8) is 0 Å². The van der Waals surface area contributed by atoms with E-state index in [1.54, 1.807) is 18.2 Å². The Morgan fingerprint density at radius 1 is 1.32 bits per heavy atom. The number of halogens is 3. The normalized spacial score (nSPS) is 12.5. The van der Waals surface area contributed by atoms with Crippen LogP contribution in [0.3, 0.4) is 0 Å². The average molecular weight is 317 g/mol. The number of carbonyl (C=O) groups is 1. The molecule has 0 aliphatic rings. The first-order chi connectivity index (χ1) is 10.2. The minimum Gasteiger partial charge on any atom is -0.496 e. The quantitative estimate of drug-likeness (QED) is 0.877. The molecule has 0 spiro atoms. The van der Waals surface area contributed by atoms with Crippen LogP contribution in [0.1, 0.15) is 18.1 Å². The smallest absolute Gasteiger partial charge is 0.471 e. The van der Waals surface area contributed by atoms with E-state index in [-0.39, 0.29) is 6.42 Å². The number of hydrogen-bond acceptors (Lipinski definition) is 3. The van der Waals surface area contributed by atoms with Gasteiger partial charge in [0, 0.05) is 11.6 Å². The second-order valence-corrected chi connectivity index (χ2v) is 4.69. The van der Waals surface area contributed by atoms with Gasteiger partial charge in [-0.3, -0.25) is 4.79 Å². The Morgan fingerprint density at radius 3 is 2.36 bits per heavy atom. The summed E-state index contributed by atoms with van der Waals surface area (Å²) in [5.41, 5.74) is 1.33. The van der Waals surface area contributed by atoms with Crippen molar-refractivity contribution >= 4 is 12.0 Å². The molecule has 7 heteroatoms. The van der Waals surface area contributed by atoms with Gasteiger partial charge in [-0.15, -0.1) is 0 Å². The van der Waals surface area contributed by atoms with E-state index in [4.69, 9.17) is 9.47 Å². The van der Waals surface area contributed by atoms with E-state index in [1.807, 2.05) is 5.32 Å². The Labute approximate surface area is 126 Å². The van der Waals surface area contributed by atoms with Crippen LogP contribution >= 0.6 is 0 Å². The lowest BCUT2D eigenvalue weighted by Crippen LogP contribution is -2.42. The van der Waals surface area contributed by atoms with Gasteiger partial charge in [0.2, 0.25) is 0 Å². The van der Waals surface area contributed by atoms with Crippen LogP contribution in [0.4, 0.5) is 13.2 Å². The summed E-state index contributed by atoms with van der Waals surface area (Å²) in [5.74, 6) is -0.947. The molecule has 0 saturated heterocycles. The van der Waals surface area contributed by atoms with E-state index < -0.39 is 18.1 Å². The molecule has 0 radical (unpaired) electrons. The number of amides is 1. The molecule has 1 unspecified atom stereocenters. The Morgan fingerprint density at radius 2 is 1.91 bits per heavy atom. The highest BCUT2D eigenvalue weighted by atomic mass is 19.4. The fraction of sp³-hybridized carbons (Fsp3) is 0.400. The van der Waals surface area contributed by atoms with Gasteiger partial charge in [-0.1, -0.05) is 12.7 Å². The molecule has 4 nitrogen and oxygen atoms in total. The van der Waals surface area contributed by atoms with Crippen molar-refractivity contribution in [2.75, 3.05) is 14.2 Å². The van der Waals surface area contributed by atoms with Crippen molar-refractivity contribution < 1.29 is 27.4 Å². The molecule has 0 heterocycles. The molecular weight excluding hydrogens is 299 g/mol. The number of rotatable bonds is 6. The van der Waals surface area contributed by atoms with Gasteiger partial charge in [-0.25, -0.2) is 0 Å². The Bertz CT molecular complexity index is 556. The van der Waals surface area contributed by atoms with Crippen molar-refractivity contribution in [3.05, 3.63) is 29.8 Å². The van der Waals surface area contributed by atoms with Gasteiger partial charge in [0.15, 0.2) is 0 Å². The molecule has 1 rings (SSSR count). The molecule has 1 N–H and O–H groups in total. The molecule has 1 atom stereocenters. The summed E-state index contributed by atoms with van der Waals surface area (Å²) in [7, 11) is 2.94. The molecule has 0 aliphatic carbocycles. The van der Waals surface area contributed by atoms with Crippen LogP contribution in [0.15, 0.2) is 18.7 Å². The fourth-order valence-electron chi connectivity index (χ4n) is 1.99. The number of nitrogens with one attached hydrogen (secondary N) is 1. The van der Waals surface area contributed by atoms with E-state index >= 15 is 0 Å². The van der Waals surface area contributed by atoms with Gasteiger partial charge in [-0.2, -0.15) is 13.2 Å². The van der Waals surface area contributed by atoms with E-state index in [1.165, 1.54) is 21.1 Å². The molecule has 1 aromatic rings. The minimum atomic E-state index is -4.90. The molecule has 0 saturated carbocycles. The molecule has 0 fully saturated rings. The maximum Gasteiger partial charge on any atom is 0.471 e. The van der Waals surface area contributed by atoms with Crippen LogP contribution in [0.5, 0.6) is 11.5 Å². The summed E-state index contributed by atoms with van der Waals surface area (Å²) in [5, 5.41) is 1.91. The number of ether oxygens (including phenoxy) is 2. The van der Waals surface area contributed by atoms with Gasteiger partial charge in [0.05, 0.1) is 14.2 Å². The Kier molecular flexibility index (Phi) is 5.84. The van der Waals surface area contributed by atoms with Crippen molar-refractivity contribution in [1.29, 1.82) is 0 Å². The van der Waals surface area contributed by atoms with Crippen molar-refractivity contribution in [2.45, 2.75) is 25.6 Å². The summed E-state index contributed by atoms with van der Waals surface area (Å²) in [6.45, 7) is 5.14. The fourth-order valence-corrected chi connectivity index (χ4v) is 1.99. The van der Waals surface area contributed by atoms with E-state index in [9.17, 15) is 18.0 Å². The van der Waals surface area contributed by atoms with Crippen molar-refractivity contribution in [1.82, 2.24) is 5.32 Å². The lowest BCUT2D eigenvalue weighted by Gasteiger charge is -2.18. The molecule has 122 valence electrons. The zero-order valence-corrected chi connectivity index (χ0v) is 12.6. The van der Waals surface area contributed by atoms with Crippen molar-refractivity contribution in [3.8, 4) is 11.5 Å². The summed E-state index contributed by atoms with van der Waals surface area (Å²) in [4.78, 5) is 10.9. The van der Waals surface area contributed by atoms with Gasteiger partial charge in [0.25, 0.3) is 0 Å². The number of carbonyl (C=O) groups excluding carboxylic acids is 1. The summed E-state index contributed by atoms with van der Waals surface area (Å²) < 4.78 is 47.2. The van der Waals surface area contributed by atoms with Crippen molar-refractivity contribution in [2.24, 2.45) is 0 Å². The summed E-state index contributed by atoms with van der Waals surface area (Å²) in [6, 6.07) is 2.62. The van der Waals surface area contributed by atoms with Gasteiger partial charge < -0.3 is 14.8 Å². The summed E-state index contributed by atoms with van der Waals surface area (Å²) in [6.07, 6.45) is -3.15. The van der Waals surface area contributed by atoms with E-state index in [0.717, 1.165) is 0 Å². The second-order valence-electron chi connectivity index (χ2n) is 4.69. The first kappa shape index (κ1) is 17.9. The zero-order valence-electron chi connectivity index (χ0n) is 12.6. The third-order valence-corrected chi connectivity index (χ3v) is 3.01. The van der Waals surface area contributed by atoms with Crippen LogP contribution in [-0.2, 0) is 11.2 Å². The number of hydrogen-bond donors (Lipinski definition) is 1. The topological polar surface area (TPSA) is 47.6 Å². The van der Waals surface area contributed by atoms with Gasteiger partial charge >= 0.3 is 12.1 Å². The van der Waals surface area contributed by atoms with Crippen LogP contribution in [-0.4, -0.2) is 32.3 Å². The minimum absolute atomic E-state index is 0.165. The van der Waals surface area contributed by atoms with Crippen LogP contribution in [0, 0.1) is 0 Å². The second kappa shape index (κ2) is 7.20. The molecule has 0 aliphatic heterocycles. The number of benzene rings is 1. The highest BCUT2D eigenvalue weighted by Crippen LogP contribution is 2.30. The Balaban J connectivity index is 2.97. The predicted octanol–water partition coefficient (Wildman–Crippen LogP) is 2.96. The summed E-state index contributed by atoms with van der Waals surface area (Å²) >= 11 is 0. The predicted molar refractivity (Wildman–Crippen MR) is 77.0 cm³/mol. The third-order valence-electron chi connectivity index (χ3n) is 3.01. The first-order valence-electron chi connectivity index (χ1n) is 6.48. The van der Waals surface area contributed by atoms with E-state index in [2.05, 4.69) is 6.58 Å². The largest absolute Gasteiger partial charge is 0.496 e. The maximum absolute atomic E-state index is 12.2. The lowest BCUT2D eigenvalue weighted by atomic mass is 10.0. The molecule has 1 aromatic carbocycles. The zero-order chi connectivity index (χ0) is 16.9. The highest BCUT2D eigenvalue weighted by Gasteiger charge is 2.39. The molecule has 0 aromatic heterocycles. The van der Waals surface area contributed by atoms with E-state index in [0.29, 0.717) is 22.6 Å². The first-order valence-corrected chi connectivity index (χ1v) is 6.48. The molecular formula is C15H18F3NO3. The maximum atomic E-state index is 12.2. The van der Waals surface area contributed by atoms with Crippen LogP contribution in [0.2, 0.25) is 0 Å². The third kappa shape index (κ3) is 4.41. The number of methoxy groups -OCH3 is 2. The van der Waals surface area contributed by atoms with Gasteiger partial charge in [-0.05, 0) is 31.0 Å². The highest BCUT2D eigenvalue weighted by molar-refractivity contribution is 5.81. The monoisotopic (exact) mass is 317 g/mol. The standard InChI is InChI=1S/C15H18F3NO3/c1-5-10-7-13(22-4)11(8-12(10)21-3)6-9(2)19-14(20)15(16,17)18/h5,7-9H,1,6H2,2-4H3,(H,19,20). The average Bonchev–Trinajstić information content (AvgIpc) is 2.45. The Hall–Kier alpha value is -2.18. The van der Waals surface area contributed by atoms with Gasteiger partial charge in [0.1, 0.15) is 11.5 Å². The molecule has 22 heavy (non-hydrogen) atoms. The SMILES string of the molecule is C=Cc1cc(OC)c(CC(C)NC(=O)C(F)(F)F)cc1OC. The molecule has 1 amide bonds. The lowest BCUT2D eigenvalue weighted by molar-refractivity contribution is -0.174. The molecule has 0 bridgehead atoms. The van der Waals surface area contributed by atoms with Crippen LogP contribution < -0.4 is 14.8 Å².